The maximum atomic E-state index is 8.42. The van der Waals surface area contributed by atoms with Crippen LogP contribution in [0.1, 0.15) is 26.2 Å². The molecule has 0 saturated carbocycles. The van der Waals surface area contributed by atoms with E-state index in [0.29, 0.717) is 18.4 Å². The predicted molar refractivity (Wildman–Crippen MR) is 40.4 cm³/mol. The van der Waals surface area contributed by atoms with Crippen LogP contribution in [0.15, 0.2) is 0 Å². The summed E-state index contributed by atoms with van der Waals surface area (Å²) in [4.78, 5) is 0. The van der Waals surface area contributed by atoms with Crippen LogP contribution in [0.25, 0.3) is 0 Å². The Bertz CT molecular complexity index is 131. The molecular weight excluding hydrogens is 124 g/mol. The second-order valence-electron chi connectivity index (χ2n) is 3.04. The fraction of sp³-hybridized carbons (Fsp3) is 0.875. The van der Waals surface area contributed by atoms with Gasteiger partial charge in [0, 0.05) is 12.5 Å². The monoisotopic (exact) mass is 138 g/mol. The highest BCUT2D eigenvalue weighted by atomic mass is 14.9. The maximum absolute atomic E-state index is 8.42. The molecule has 0 aliphatic carbocycles. The molecule has 1 N–H and O–H groups in total. The molecule has 1 aliphatic rings. The Morgan fingerprint density at radius 2 is 2.60 bits per heavy atom. The smallest absolute Gasteiger partial charge is 0.0625 e. The van der Waals surface area contributed by atoms with Gasteiger partial charge in [0.15, 0.2) is 0 Å². The highest BCUT2D eigenvalue weighted by molar-refractivity contribution is 4.84. The maximum Gasteiger partial charge on any atom is 0.0625 e. The van der Waals surface area contributed by atoms with E-state index in [0.717, 1.165) is 6.54 Å². The molecule has 0 bridgehead atoms. The molecule has 0 spiro atoms. The molecule has 2 unspecified atom stereocenters. The molecule has 0 aromatic carbocycles. The zero-order chi connectivity index (χ0) is 7.40. The van der Waals surface area contributed by atoms with Crippen LogP contribution >= 0.6 is 0 Å². The topological polar surface area (TPSA) is 35.8 Å². The first-order chi connectivity index (χ1) is 4.84. The Morgan fingerprint density at radius 1 is 1.80 bits per heavy atom. The van der Waals surface area contributed by atoms with Gasteiger partial charge in [-0.15, -0.1) is 0 Å². The van der Waals surface area contributed by atoms with Crippen molar-refractivity contribution in [3.63, 3.8) is 0 Å². The van der Waals surface area contributed by atoms with Crippen molar-refractivity contribution in [1.82, 2.24) is 5.32 Å². The van der Waals surface area contributed by atoms with Crippen molar-refractivity contribution in [2.45, 2.75) is 32.2 Å². The third-order valence-corrected chi connectivity index (χ3v) is 2.20. The normalized spacial score (nSPS) is 27.8. The van der Waals surface area contributed by atoms with Gasteiger partial charge < -0.3 is 5.32 Å². The molecule has 0 amide bonds. The third-order valence-electron chi connectivity index (χ3n) is 2.20. The minimum Gasteiger partial charge on any atom is -0.314 e. The number of nitrogens with zero attached hydrogens (tertiary/aromatic N) is 1. The predicted octanol–water partition coefficient (Wildman–Crippen LogP) is 1.29. The fourth-order valence-corrected chi connectivity index (χ4v) is 1.48. The Hall–Kier alpha value is -0.550. The highest BCUT2D eigenvalue weighted by Gasteiger charge is 2.19. The van der Waals surface area contributed by atoms with Crippen molar-refractivity contribution in [3.8, 4) is 6.07 Å². The van der Waals surface area contributed by atoms with Gasteiger partial charge in [0.25, 0.3) is 0 Å². The second kappa shape index (κ2) is 3.58. The summed E-state index contributed by atoms with van der Waals surface area (Å²) in [6.07, 6.45) is 3.22. The summed E-state index contributed by atoms with van der Waals surface area (Å²) in [6, 6.07) is 2.82. The van der Waals surface area contributed by atoms with Crippen molar-refractivity contribution in [1.29, 1.82) is 5.26 Å². The summed E-state index contributed by atoms with van der Waals surface area (Å²) in [7, 11) is 0. The SMILES string of the molecule is CC(CC#N)C1CCCN1. The van der Waals surface area contributed by atoms with E-state index in [1.165, 1.54) is 12.8 Å². The van der Waals surface area contributed by atoms with Crippen molar-refractivity contribution >= 4 is 0 Å². The summed E-state index contributed by atoms with van der Waals surface area (Å²) >= 11 is 0. The lowest BCUT2D eigenvalue weighted by Crippen LogP contribution is -2.28. The molecular formula is C8H14N2. The molecule has 0 aromatic rings. The van der Waals surface area contributed by atoms with Crippen molar-refractivity contribution < 1.29 is 0 Å². The Labute approximate surface area is 62.2 Å². The number of nitriles is 1. The van der Waals surface area contributed by atoms with Crippen molar-refractivity contribution in [2.75, 3.05) is 6.54 Å². The molecule has 0 aromatic heterocycles. The average molecular weight is 138 g/mol. The van der Waals surface area contributed by atoms with Crippen LogP contribution in [0.5, 0.6) is 0 Å². The van der Waals surface area contributed by atoms with E-state index < -0.39 is 0 Å². The van der Waals surface area contributed by atoms with Crippen LogP contribution in [-0.4, -0.2) is 12.6 Å². The number of hydrogen-bond donors (Lipinski definition) is 1. The van der Waals surface area contributed by atoms with Gasteiger partial charge in [0.1, 0.15) is 0 Å². The van der Waals surface area contributed by atoms with Gasteiger partial charge in [-0.2, -0.15) is 5.26 Å². The van der Waals surface area contributed by atoms with Crippen LogP contribution in [0.4, 0.5) is 0 Å². The van der Waals surface area contributed by atoms with Gasteiger partial charge in [-0.25, -0.2) is 0 Å². The van der Waals surface area contributed by atoms with E-state index in [-0.39, 0.29) is 0 Å². The summed E-state index contributed by atoms with van der Waals surface area (Å²) in [5.74, 6) is 0.535. The molecule has 1 saturated heterocycles. The number of rotatable bonds is 2. The molecule has 56 valence electrons. The Kier molecular flexibility index (Phi) is 2.70. The quantitative estimate of drug-likeness (QED) is 0.624. The van der Waals surface area contributed by atoms with Crippen molar-refractivity contribution in [3.05, 3.63) is 0 Å². The summed E-state index contributed by atoms with van der Waals surface area (Å²) < 4.78 is 0. The van der Waals surface area contributed by atoms with Gasteiger partial charge >= 0.3 is 0 Å². The summed E-state index contributed by atoms with van der Waals surface area (Å²) in [6.45, 7) is 3.28. The van der Waals surface area contributed by atoms with E-state index in [1.807, 2.05) is 0 Å². The molecule has 2 atom stereocenters. The first kappa shape index (κ1) is 7.56. The van der Waals surface area contributed by atoms with Crippen LogP contribution in [0, 0.1) is 17.2 Å². The summed E-state index contributed by atoms with van der Waals surface area (Å²) in [5.41, 5.74) is 0. The lowest BCUT2D eigenvalue weighted by atomic mass is 9.98. The minimum absolute atomic E-state index is 0.535. The lowest BCUT2D eigenvalue weighted by molar-refractivity contribution is 0.427. The average Bonchev–Trinajstić information content (AvgIpc) is 2.38. The van der Waals surface area contributed by atoms with Crippen molar-refractivity contribution in [2.24, 2.45) is 5.92 Å². The minimum atomic E-state index is 0.535. The third kappa shape index (κ3) is 1.71. The zero-order valence-corrected chi connectivity index (χ0v) is 6.43. The zero-order valence-electron chi connectivity index (χ0n) is 6.43. The van der Waals surface area contributed by atoms with E-state index in [4.69, 9.17) is 5.26 Å². The van der Waals surface area contributed by atoms with Gasteiger partial charge in [-0.1, -0.05) is 6.92 Å². The van der Waals surface area contributed by atoms with Gasteiger partial charge in [0.05, 0.1) is 6.07 Å². The van der Waals surface area contributed by atoms with Crippen LogP contribution < -0.4 is 5.32 Å². The number of hydrogen-bond acceptors (Lipinski definition) is 2. The Morgan fingerprint density at radius 3 is 3.10 bits per heavy atom. The van der Waals surface area contributed by atoms with E-state index in [9.17, 15) is 0 Å². The summed E-state index contributed by atoms with van der Waals surface area (Å²) in [5, 5.41) is 11.8. The fourth-order valence-electron chi connectivity index (χ4n) is 1.48. The Balaban J connectivity index is 2.26. The van der Waals surface area contributed by atoms with Crippen LogP contribution in [0.2, 0.25) is 0 Å². The molecule has 2 heteroatoms. The number of nitrogens with one attached hydrogen (secondary N) is 1. The van der Waals surface area contributed by atoms with Gasteiger partial charge in [0.2, 0.25) is 0 Å². The van der Waals surface area contributed by atoms with E-state index in [1.54, 1.807) is 0 Å². The molecule has 1 aliphatic heterocycles. The first-order valence-corrected chi connectivity index (χ1v) is 3.95. The largest absolute Gasteiger partial charge is 0.314 e. The standard InChI is InChI=1S/C8H14N2/c1-7(4-5-9)8-3-2-6-10-8/h7-8,10H,2-4,6H2,1H3. The van der Waals surface area contributed by atoms with Gasteiger partial charge in [-0.3, -0.25) is 0 Å². The van der Waals surface area contributed by atoms with E-state index >= 15 is 0 Å². The highest BCUT2D eigenvalue weighted by Crippen LogP contribution is 2.16. The molecule has 2 nitrogen and oxygen atoms in total. The lowest BCUT2D eigenvalue weighted by Gasteiger charge is -2.15. The molecule has 10 heavy (non-hydrogen) atoms. The van der Waals surface area contributed by atoms with Crippen LogP contribution in [0.3, 0.4) is 0 Å². The molecule has 1 fully saturated rings. The molecule has 1 heterocycles. The molecule has 1 rings (SSSR count). The molecule has 0 radical (unpaired) electrons. The van der Waals surface area contributed by atoms with Crippen LogP contribution in [-0.2, 0) is 0 Å². The van der Waals surface area contributed by atoms with E-state index in [2.05, 4.69) is 18.3 Å². The first-order valence-electron chi connectivity index (χ1n) is 3.95. The second-order valence-corrected chi connectivity index (χ2v) is 3.04. The van der Waals surface area contributed by atoms with Gasteiger partial charge in [-0.05, 0) is 25.3 Å².